The van der Waals surface area contributed by atoms with Gasteiger partial charge in [-0.05, 0) is 60.9 Å². The largest absolute Gasteiger partial charge is 0.478 e. The molecule has 0 bridgehead atoms. The highest BCUT2D eigenvalue weighted by Gasteiger charge is 2.12. The average Bonchev–Trinajstić information content (AvgIpc) is 2.61. The van der Waals surface area contributed by atoms with Crippen LogP contribution >= 0.6 is 0 Å². The van der Waals surface area contributed by atoms with Crippen LogP contribution in [0.15, 0.2) is 42.5 Å². The highest BCUT2D eigenvalue weighted by Crippen LogP contribution is 2.18. The number of rotatable bonds is 6. The molecule has 0 aliphatic rings. The van der Waals surface area contributed by atoms with Gasteiger partial charge in [-0.15, -0.1) is 0 Å². The zero-order chi connectivity index (χ0) is 19.3. The van der Waals surface area contributed by atoms with Crippen LogP contribution in [-0.2, 0) is 0 Å². The monoisotopic (exact) mass is 354 g/mol. The van der Waals surface area contributed by atoms with Gasteiger partial charge in [0.2, 0.25) is 0 Å². The minimum Gasteiger partial charge on any atom is -0.478 e. The van der Waals surface area contributed by atoms with Crippen LogP contribution in [0, 0.1) is 12.8 Å². The highest BCUT2D eigenvalue weighted by molar-refractivity contribution is 6.05. The maximum absolute atomic E-state index is 12.3. The maximum Gasteiger partial charge on any atom is 0.335 e. The summed E-state index contributed by atoms with van der Waals surface area (Å²) in [5.41, 5.74) is 2.37. The van der Waals surface area contributed by atoms with Gasteiger partial charge in [0.25, 0.3) is 11.8 Å². The summed E-state index contributed by atoms with van der Waals surface area (Å²) in [5, 5.41) is 14.5. The third-order valence-corrected chi connectivity index (χ3v) is 3.80. The minimum absolute atomic E-state index is 0.120. The van der Waals surface area contributed by atoms with E-state index in [1.807, 2.05) is 20.8 Å². The van der Waals surface area contributed by atoms with E-state index in [1.54, 1.807) is 18.2 Å². The van der Waals surface area contributed by atoms with E-state index in [-0.39, 0.29) is 17.4 Å². The Kier molecular flexibility index (Phi) is 6.11. The summed E-state index contributed by atoms with van der Waals surface area (Å²) in [6.07, 6.45) is 0. The molecule has 0 unspecified atom stereocenters. The third kappa shape index (κ3) is 4.92. The second-order valence-corrected chi connectivity index (χ2v) is 6.47. The van der Waals surface area contributed by atoms with E-state index < -0.39 is 5.97 Å². The second kappa shape index (κ2) is 8.29. The molecule has 0 spiro atoms. The molecule has 0 aliphatic heterocycles. The predicted octanol–water partition coefficient (Wildman–Crippen LogP) is 3.33. The van der Waals surface area contributed by atoms with Crippen LogP contribution in [0.2, 0.25) is 0 Å². The van der Waals surface area contributed by atoms with Gasteiger partial charge in [-0.1, -0.05) is 13.8 Å². The van der Waals surface area contributed by atoms with E-state index in [9.17, 15) is 14.4 Å². The fourth-order valence-electron chi connectivity index (χ4n) is 2.30. The number of benzene rings is 2. The Morgan fingerprint density at radius 3 is 2.04 bits per heavy atom. The van der Waals surface area contributed by atoms with Crippen LogP contribution in [0.1, 0.15) is 50.5 Å². The number of nitrogens with one attached hydrogen (secondary N) is 2. The van der Waals surface area contributed by atoms with Gasteiger partial charge < -0.3 is 15.7 Å². The van der Waals surface area contributed by atoms with Crippen molar-refractivity contribution in [1.82, 2.24) is 5.32 Å². The number of carbonyl (C=O) groups excluding carboxylic acids is 2. The Labute approximate surface area is 152 Å². The zero-order valence-corrected chi connectivity index (χ0v) is 15.0. The number of carbonyl (C=O) groups is 3. The smallest absolute Gasteiger partial charge is 0.335 e. The van der Waals surface area contributed by atoms with Crippen LogP contribution in [0.4, 0.5) is 5.69 Å². The van der Waals surface area contributed by atoms with Crippen LogP contribution in [0.3, 0.4) is 0 Å². The van der Waals surface area contributed by atoms with Crippen molar-refractivity contribution < 1.29 is 19.5 Å². The number of aromatic carboxylic acids is 1. The lowest BCUT2D eigenvalue weighted by Gasteiger charge is -2.12. The molecule has 6 nitrogen and oxygen atoms in total. The van der Waals surface area contributed by atoms with Gasteiger partial charge in [-0.2, -0.15) is 0 Å². The lowest BCUT2D eigenvalue weighted by Crippen LogP contribution is -2.27. The molecule has 3 N–H and O–H groups in total. The molecule has 0 heterocycles. The van der Waals surface area contributed by atoms with E-state index in [0.717, 1.165) is 5.56 Å². The SMILES string of the molecule is Cc1cc(C(=O)NCC(C)C)ccc1NC(=O)c1ccc(C(=O)O)cc1. The van der Waals surface area contributed by atoms with Gasteiger partial charge in [0, 0.05) is 23.4 Å². The molecule has 0 radical (unpaired) electrons. The Balaban J connectivity index is 2.08. The molecule has 0 atom stereocenters. The quantitative estimate of drug-likeness (QED) is 0.741. The van der Waals surface area contributed by atoms with Gasteiger partial charge in [0.15, 0.2) is 0 Å². The molecule has 2 aromatic carbocycles. The Morgan fingerprint density at radius 1 is 0.923 bits per heavy atom. The van der Waals surface area contributed by atoms with Crippen molar-refractivity contribution in [3.63, 3.8) is 0 Å². The molecule has 0 saturated heterocycles. The zero-order valence-electron chi connectivity index (χ0n) is 15.0. The molecule has 136 valence electrons. The van der Waals surface area contributed by atoms with E-state index in [0.29, 0.717) is 29.3 Å². The molecule has 2 aromatic rings. The number of hydrogen-bond donors (Lipinski definition) is 3. The number of hydrogen-bond acceptors (Lipinski definition) is 3. The summed E-state index contributed by atoms with van der Waals surface area (Å²) in [6.45, 7) is 6.45. The Bertz CT molecular complexity index is 826. The number of anilines is 1. The molecule has 0 saturated carbocycles. The average molecular weight is 354 g/mol. The van der Waals surface area contributed by atoms with E-state index >= 15 is 0 Å². The molecule has 2 amide bonds. The Morgan fingerprint density at radius 2 is 1.50 bits per heavy atom. The number of carboxylic acids is 1. The van der Waals surface area contributed by atoms with Crippen molar-refractivity contribution in [2.24, 2.45) is 5.92 Å². The van der Waals surface area contributed by atoms with Gasteiger partial charge >= 0.3 is 5.97 Å². The van der Waals surface area contributed by atoms with Crippen LogP contribution < -0.4 is 10.6 Å². The highest BCUT2D eigenvalue weighted by atomic mass is 16.4. The molecule has 26 heavy (non-hydrogen) atoms. The van der Waals surface area contributed by atoms with Gasteiger partial charge in [-0.3, -0.25) is 9.59 Å². The third-order valence-electron chi connectivity index (χ3n) is 3.80. The van der Waals surface area contributed by atoms with Gasteiger partial charge in [0.05, 0.1) is 5.56 Å². The fourth-order valence-corrected chi connectivity index (χ4v) is 2.30. The number of amides is 2. The van der Waals surface area contributed by atoms with Crippen LogP contribution in [0.5, 0.6) is 0 Å². The molecule has 6 heteroatoms. The lowest BCUT2D eigenvalue weighted by atomic mass is 10.1. The summed E-state index contributed by atoms with van der Waals surface area (Å²) in [6, 6.07) is 10.7. The standard InChI is InChI=1S/C20H22N2O4/c1-12(2)11-21-18(23)16-8-9-17(13(3)10-16)22-19(24)14-4-6-15(7-5-14)20(25)26/h4-10,12H,11H2,1-3H3,(H,21,23)(H,22,24)(H,25,26). The number of carboxylic acid groups (broad SMARTS) is 1. The normalized spacial score (nSPS) is 10.5. The van der Waals surface area contributed by atoms with E-state index in [4.69, 9.17) is 5.11 Å². The predicted molar refractivity (Wildman–Crippen MR) is 99.7 cm³/mol. The van der Waals surface area contributed by atoms with Crippen molar-refractivity contribution in [2.45, 2.75) is 20.8 Å². The molecule has 0 aromatic heterocycles. The van der Waals surface area contributed by atoms with Crippen molar-refractivity contribution in [3.8, 4) is 0 Å². The molecule has 2 rings (SSSR count). The summed E-state index contributed by atoms with van der Waals surface area (Å²) in [4.78, 5) is 35.3. The van der Waals surface area contributed by atoms with Crippen molar-refractivity contribution in [2.75, 3.05) is 11.9 Å². The summed E-state index contributed by atoms with van der Waals surface area (Å²) < 4.78 is 0. The Hall–Kier alpha value is -3.15. The molecular weight excluding hydrogens is 332 g/mol. The van der Waals surface area contributed by atoms with Crippen molar-refractivity contribution >= 4 is 23.5 Å². The molecular formula is C20H22N2O4. The molecule has 0 aliphatic carbocycles. The lowest BCUT2D eigenvalue weighted by molar-refractivity contribution is 0.0696. The van der Waals surface area contributed by atoms with E-state index in [1.165, 1.54) is 24.3 Å². The first kappa shape index (κ1) is 19.2. The van der Waals surface area contributed by atoms with Crippen LogP contribution in [-0.4, -0.2) is 29.4 Å². The second-order valence-electron chi connectivity index (χ2n) is 6.47. The first-order valence-corrected chi connectivity index (χ1v) is 8.31. The first-order chi connectivity index (χ1) is 12.3. The maximum atomic E-state index is 12.3. The summed E-state index contributed by atoms with van der Waals surface area (Å²) in [5.74, 6) is -1.17. The van der Waals surface area contributed by atoms with Gasteiger partial charge in [0.1, 0.15) is 0 Å². The first-order valence-electron chi connectivity index (χ1n) is 8.31. The fraction of sp³-hybridized carbons (Fsp3) is 0.250. The van der Waals surface area contributed by atoms with Crippen molar-refractivity contribution in [1.29, 1.82) is 0 Å². The minimum atomic E-state index is -1.04. The van der Waals surface area contributed by atoms with Gasteiger partial charge in [-0.25, -0.2) is 4.79 Å². The van der Waals surface area contributed by atoms with E-state index in [2.05, 4.69) is 10.6 Å². The van der Waals surface area contributed by atoms with Crippen LogP contribution in [0.25, 0.3) is 0 Å². The topological polar surface area (TPSA) is 95.5 Å². The van der Waals surface area contributed by atoms with Crippen molar-refractivity contribution in [3.05, 3.63) is 64.7 Å². The summed E-state index contributed by atoms with van der Waals surface area (Å²) in [7, 11) is 0. The molecule has 0 fully saturated rings. The number of aryl methyl sites for hydroxylation is 1. The summed E-state index contributed by atoms with van der Waals surface area (Å²) >= 11 is 0.